The van der Waals surface area contributed by atoms with Crippen molar-refractivity contribution in [1.29, 1.82) is 0 Å². The highest BCUT2D eigenvalue weighted by atomic mass is 16.5. The molecule has 1 aromatic heterocycles. The van der Waals surface area contributed by atoms with Gasteiger partial charge in [0.2, 0.25) is 0 Å². The summed E-state index contributed by atoms with van der Waals surface area (Å²) in [5, 5.41) is 5.68. The second kappa shape index (κ2) is 5.05. The van der Waals surface area contributed by atoms with Gasteiger partial charge in [-0.2, -0.15) is 0 Å². The zero-order chi connectivity index (χ0) is 13.2. The van der Waals surface area contributed by atoms with Crippen LogP contribution in [0.5, 0.6) is 0 Å². The second-order valence-electron chi connectivity index (χ2n) is 5.18. The summed E-state index contributed by atoms with van der Waals surface area (Å²) >= 11 is 0. The molecule has 4 heteroatoms. The zero-order valence-electron chi connectivity index (χ0n) is 11.1. The fourth-order valence-corrected chi connectivity index (χ4v) is 2.52. The van der Waals surface area contributed by atoms with E-state index in [1.54, 1.807) is 0 Å². The average Bonchev–Trinajstić information content (AvgIpc) is 2.91. The lowest BCUT2D eigenvalue weighted by Crippen LogP contribution is -2.14. The lowest BCUT2D eigenvalue weighted by atomic mass is 10.1. The molecule has 2 heterocycles. The number of hydrogen-bond acceptors (Lipinski definition) is 4. The zero-order valence-corrected chi connectivity index (χ0v) is 11.1. The molecular formula is C15H19N3O. The first-order chi connectivity index (χ1) is 9.24. The third-order valence-electron chi connectivity index (χ3n) is 3.68. The number of ether oxygens (including phenoxy) is 1. The Labute approximate surface area is 113 Å². The van der Waals surface area contributed by atoms with Crippen LogP contribution in [0, 0.1) is 12.8 Å². The molecule has 0 spiro atoms. The summed E-state index contributed by atoms with van der Waals surface area (Å²) in [7, 11) is 0. The van der Waals surface area contributed by atoms with E-state index >= 15 is 0 Å². The quantitative estimate of drug-likeness (QED) is 0.830. The number of benzene rings is 1. The number of nitrogens with zero attached hydrogens (tertiary/aromatic N) is 1. The average molecular weight is 257 g/mol. The minimum Gasteiger partial charge on any atom is -0.398 e. The van der Waals surface area contributed by atoms with Crippen LogP contribution in [0.25, 0.3) is 10.8 Å². The number of fused-ring (bicyclic) bond motifs is 1. The lowest BCUT2D eigenvalue weighted by molar-refractivity contribution is 0.187. The Balaban J connectivity index is 1.89. The van der Waals surface area contributed by atoms with Gasteiger partial charge in [0, 0.05) is 53.1 Å². The summed E-state index contributed by atoms with van der Waals surface area (Å²) in [5.74, 6) is 0.607. The molecule has 1 aliphatic heterocycles. The Hall–Kier alpha value is -1.81. The molecule has 0 amide bonds. The van der Waals surface area contributed by atoms with Crippen LogP contribution in [0.3, 0.4) is 0 Å². The van der Waals surface area contributed by atoms with Crippen molar-refractivity contribution in [3.8, 4) is 0 Å². The first-order valence-corrected chi connectivity index (χ1v) is 6.70. The van der Waals surface area contributed by atoms with E-state index in [-0.39, 0.29) is 0 Å². The second-order valence-corrected chi connectivity index (χ2v) is 5.18. The van der Waals surface area contributed by atoms with Gasteiger partial charge in [-0.25, -0.2) is 0 Å². The van der Waals surface area contributed by atoms with Crippen molar-refractivity contribution in [2.75, 3.05) is 30.8 Å². The van der Waals surface area contributed by atoms with Gasteiger partial charge in [-0.05, 0) is 31.5 Å². The summed E-state index contributed by atoms with van der Waals surface area (Å²) in [4.78, 5) is 4.32. The van der Waals surface area contributed by atoms with Crippen LogP contribution in [0.4, 0.5) is 11.4 Å². The van der Waals surface area contributed by atoms with Gasteiger partial charge in [-0.15, -0.1) is 0 Å². The highest BCUT2D eigenvalue weighted by Crippen LogP contribution is 2.28. The van der Waals surface area contributed by atoms with Crippen molar-refractivity contribution in [2.24, 2.45) is 5.92 Å². The summed E-state index contributed by atoms with van der Waals surface area (Å²) in [6.07, 6.45) is 2.99. The largest absolute Gasteiger partial charge is 0.398 e. The van der Waals surface area contributed by atoms with E-state index in [0.29, 0.717) is 5.92 Å². The number of nitrogens with two attached hydrogens (primary N) is 1. The first-order valence-electron chi connectivity index (χ1n) is 6.70. The highest BCUT2D eigenvalue weighted by molar-refractivity contribution is 6.00. The number of rotatable bonds is 3. The molecule has 0 radical (unpaired) electrons. The molecule has 1 aliphatic rings. The molecule has 3 rings (SSSR count). The topological polar surface area (TPSA) is 60.2 Å². The van der Waals surface area contributed by atoms with Crippen LogP contribution in [-0.4, -0.2) is 24.7 Å². The molecule has 100 valence electrons. The molecule has 1 unspecified atom stereocenters. The SMILES string of the molecule is Cc1cc2c(NCC3CCOC3)ccc(N)c2cn1. The number of nitrogen functional groups attached to an aromatic ring is 1. The van der Waals surface area contributed by atoms with Crippen molar-refractivity contribution >= 4 is 22.1 Å². The summed E-state index contributed by atoms with van der Waals surface area (Å²) in [5.41, 5.74) is 8.91. The molecule has 0 saturated carbocycles. The lowest BCUT2D eigenvalue weighted by Gasteiger charge is -2.14. The molecule has 2 aromatic rings. The Morgan fingerprint density at radius 1 is 1.42 bits per heavy atom. The maximum absolute atomic E-state index is 6.01. The Bertz CT molecular complexity index is 591. The smallest absolute Gasteiger partial charge is 0.0511 e. The van der Waals surface area contributed by atoms with Gasteiger partial charge >= 0.3 is 0 Å². The molecule has 1 atom stereocenters. The number of aromatic nitrogens is 1. The number of anilines is 2. The van der Waals surface area contributed by atoms with Crippen LogP contribution >= 0.6 is 0 Å². The third kappa shape index (κ3) is 2.49. The predicted molar refractivity (Wildman–Crippen MR) is 78.3 cm³/mol. The van der Waals surface area contributed by atoms with Gasteiger partial charge in [0.25, 0.3) is 0 Å². The fourth-order valence-electron chi connectivity index (χ4n) is 2.52. The monoisotopic (exact) mass is 257 g/mol. The van der Waals surface area contributed by atoms with Crippen molar-refractivity contribution < 1.29 is 4.74 Å². The molecule has 1 fully saturated rings. The molecule has 19 heavy (non-hydrogen) atoms. The van der Waals surface area contributed by atoms with Crippen LogP contribution in [-0.2, 0) is 4.74 Å². The van der Waals surface area contributed by atoms with Gasteiger partial charge in [0.15, 0.2) is 0 Å². The van der Waals surface area contributed by atoms with E-state index in [9.17, 15) is 0 Å². The molecule has 1 saturated heterocycles. The van der Waals surface area contributed by atoms with Gasteiger partial charge in [-0.1, -0.05) is 0 Å². The summed E-state index contributed by atoms with van der Waals surface area (Å²) in [6.45, 7) is 4.69. The van der Waals surface area contributed by atoms with Crippen LogP contribution in [0.15, 0.2) is 24.4 Å². The molecule has 1 aromatic carbocycles. The van der Waals surface area contributed by atoms with Crippen molar-refractivity contribution in [3.63, 3.8) is 0 Å². The van der Waals surface area contributed by atoms with E-state index in [4.69, 9.17) is 10.5 Å². The Morgan fingerprint density at radius 2 is 2.32 bits per heavy atom. The summed E-state index contributed by atoms with van der Waals surface area (Å²) in [6, 6.07) is 6.07. The molecular weight excluding hydrogens is 238 g/mol. The summed E-state index contributed by atoms with van der Waals surface area (Å²) < 4.78 is 5.40. The Kier molecular flexibility index (Phi) is 3.25. The Morgan fingerprint density at radius 3 is 3.11 bits per heavy atom. The van der Waals surface area contributed by atoms with E-state index < -0.39 is 0 Å². The van der Waals surface area contributed by atoms with E-state index in [2.05, 4.69) is 16.4 Å². The van der Waals surface area contributed by atoms with Gasteiger partial charge in [0.1, 0.15) is 0 Å². The highest BCUT2D eigenvalue weighted by Gasteiger charge is 2.15. The predicted octanol–water partition coefficient (Wildman–Crippen LogP) is 2.57. The van der Waals surface area contributed by atoms with Crippen LogP contribution in [0.2, 0.25) is 0 Å². The molecule has 3 N–H and O–H groups in total. The van der Waals surface area contributed by atoms with Crippen LogP contribution in [0.1, 0.15) is 12.1 Å². The first kappa shape index (κ1) is 12.2. The van der Waals surface area contributed by atoms with Crippen molar-refractivity contribution in [1.82, 2.24) is 4.98 Å². The van der Waals surface area contributed by atoms with E-state index in [1.807, 2.05) is 25.3 Å². The molecule has 0 bridgehead atoms. The number of pyridine rings is 1. The number of aryl methyl sites for hydroxylation is 1. The maximum atomic E-state index is 6.01. The number of nitrogens with one attached hydrogen (secondary N) is 1. The van der Waals surface area contributed by atoms with Gasteiger partial charge < -0.3 is 15.8 Å². The standard InChI is InChI=1S/C15H19N3O/c1-10-6-12-13(8-17-10)14(16)2-3-15(12)18-7-11-4-5-19-9-11/h2-3,6,8,11,18H,4-5,7,9,16H2,1H3. The minimum absolute atomic E-state index is 0.607. The number of hydrogen-bond donors (Lipinski definition) is 2. The maximum Gasteiger partial charge on any atom is 0.0511 e. The molecule has 0 aliphatic carbocycles. The van der Waals surface area contributed by atoms with Crippen molar-refractivity contribution in [3.05, 3.63) is 30.1 Å². The fraction of sp³-hybridized carbons (Fsp3) is 0.400. The van der Waals surface area contributed by atoms with Crippen molar-refractivity contribution in [2.45, 2.75) is 13.3 Å². The van der Waals surface area contributed by atoms with Gasteiger partial charge in [-0.3, -0.25) is 4.98 Å². The van der Waals surface area contributed by atoms with E-state index in [1.165, 1.54) is 0 Å². The normalized spacial score (nSPS) is 18.9. The molecule has 4 nitrogen and oxygen atoms in total. The van der Waals surface area contributed by atoms with Crippen LogP contribution < -0.4 is 11.1 Å². The third-order valence-corrected chi connectivity index (χ3v) is 3.68. The van der Waals surface area contributed by atoms with E-state index in [0.717, 1.165) is 54.0 Å². The van der Waals surface area contributed by atoms with Gasteiger partial charge in [0.05, 0.1) is 6.61 Å². The minimum atomic E-state index is 0.607.